The van der Waals surface area contributed by atoms with Crippen molar-refractivity contribution in [3.63, 3.8) is 0 Å². The van der Waals surface area contributed by atoms with Crippen molar-refractivity contribution >= 4 is 17.6 Å². The van der Waals surface area contributed by atoms with Gasteiger partial charge in [-0.2, -0.15) is 0 Å². The fourth-order valence-corrected chi connectivity index (χ4v) is 2.59. The summed E-state index contributed by atoms with van der Waals surface area (Å²) in [6.07, 6.45) is 1.43. The van der Waals surface area contributed by atoms with Crippen LogP contribution in [0, 0.1) is 20.8 Å². The predicted molar refractivity (Wildman–Crippen MR) is 98.7 cm³/mol. The molecule has 0 spiro atoms. The normalized spacial score (nSPS) is 10.4. The van der Waals surface area contributed by atoms with Crippen molar-refractivity contribution < 1.29 is 18.7 Å². The quantitative estimate of drug-likeness (QED) is 0.549. The maximum atomic E-state index is 12.5. The van der Waals surface area contributed by atoms with Crippen molar-refractivity contribution in [3.05, 3.63) is 82.8 Å². The van der Waals surface area contributed by atoms with Crippen molar-refractivity contribution in [2.75, 3.05) is 5.32 Å². The van der Waals surface area contributed by atoms with Crippen LogP contribution in [0.3, 0.4) is 0 Å². The molecule has 1 amide bonds. The van der Waals surface area contributed by atoms with Crippen LogP contribution in [0.4, 0.5) is 5.69 Å². The Bertz CT molecular complexity index is 938. The number of carbonyl (C=O) groups excluding carboxylic acids is 2. The van der Waals surface area contributed by atoms with E-state index in [1.807, 2.05) is 39.0 Å². The molecule has 5 nitrogen and oxygen atoms in total. The lowest BCUT2D eigenvalue weighted by atomic mass is 10.1. The summed E-state index contributed by atoms with van der Waals surface area (Å²) >= 11 is 0. The van der Waals surface area contributed by atoms with E-state index in [2.05, 4.69) is 5.32 Å². The molecule has 132 valence electrons. The molecule has 0 radical (unpaired) electrons. The van der Waals surface area contributed by atoms with E-state index in [0.717, 1.165) is 16.7 Å². The molecule has 0 atom stereocenters. The number of furan rings is 1. The number of nitrogens with one attached hydrogen (secondary N) is 1. The Labute approximate surface area is 151 Å². The Morgan fingerprint density at radius 3 is 2.31 bits per heavy atom. The lowest BCUT2D eigenvalue weighted by molar-refractivity contribution is 0.0732. The van der Waals surface area contributed by atoms with E-state index < -0.39 is 5.97 Å². The third-order valence-electron chi connectivity index (χ3n) is 4.07. The molecule has 0 unspecified atom stereocenters. The van der Waals surface area contributed by atoms with Crippen molar-refractivity contribution in [2.45, 2.75) is 20.8 Å². The van der Waals surface area contributed by atoms with Crippen LogP contribution in [-0.4, -0.2) is 11.9 Å². The van der Waals surface area contributed by atoms with Gasteiger partial charge in [0.15, 0.2) is 5.76 Å². The first-order chi connectivity index (χ1) is 12.5. The average molecular weight is 349 g/mol. The number of amides is 1. The predicted octanol–water partition coefficient (Wildman–Crippen LogP) is 4.68. The molecule has 1 N–H and O–H groups in total. The van der Waals surface area contributed by atoms with E-state index in [-0.39, 0.29) is 11.7 Å². The highest BCUT2D eigenvalue weighted by atomic mass is 16.5. The molecule has 0 aliphatic heterocycles. The zero-order valence-electron chi connectivity index (χ0n) is 14.8. The number of esters is 1. The summed E-state index contributed by atoms with van der Waals surface area (Å²) in [5.74, 6) is -0.0959. The van der Waals surface area contributed by atoms with Gasteiger partial charge in [-0.25, -0.2) is 4.79 Å². The molecule has 2 aromatic carbocycles. The highest BCUT2D eigenvalue weighted by molar-refractivity contribution is 6.03. The second kappa shape index (κ2) is 7.27. The van der Waals surface area contributed by atoms with E-state index in [9.17, 15) is 9.59 Å². The van der Waals surface area contributed by atoms with Crippen LogP contribution in [0.5, 0.6) is 5.75 Å². The molecule has 1 aromatic heterocycles. The Kier molecular flexibility index (Phi) is 4.89. The summed E-state index contributed by atoms with van der Waals surface area (Å²) in [5.41, 5.74) is 3.48. The van der Waals surface area contributed by atoms with Crippen LogP contribution in [0.1, 0.15) is 37.6 Å². The number of aryl methyl sites for hydroxylation is 3. The smallest absolute Gasteiger partial charge is 0.343 e. The molecule has 3 rings (SSSR count). The Morgan fingerprint density at radius 2 is 1.65 bits per heavy atom. The number of rotatable bonds is 4. The minimum absolute atomic E-state index is 0.202. The number of carbonyl (C=O) groups is 2. The van der Waals surface area contributed by atoms with Gasteiger partial charge in [-0.15, -0.1) is 0 Å². The monoisotopic (exact) mass is 349 g/mol. The van der Waals surface area contributed by atoms with E-state index in [4.69, 9.17) is 9.15 Å². The SMILES string of the molecule is Cc1ccc(C(=O)Oc2c(C)cccc2C)cc1NC(=O)c1ccco1. The van der Waals surface area contributed by atoms with Crippen LogP contribution < -0.4 is 10.1 Å². The van der Waals surface area contributed by atoms with Crippen molar-refractivity contribution in [2.24, 2.45) is 0 Å². The Hall–Kier alpha value is -3.34. The summed E-state index contributed by atoms with van der Waals surface area (Å²) in [7, 11) is 0. The molecule has 26 heavy (non-hydrogen) atoms. The molecule has 0 bridgehead atoms. The van der Waals surface area contributed by atoms with E-state index in [1.54, 1.807) is 30.3 Å². The fraction of sp³-hybridized carbons (Fsp3) is 0.143. The summed E-state index contributed by atoms with van der Waals surface area (Å²) in [4.78, 5) is 24.7. The second-order valence-electron chi connectivity index (χ2n) is 6.07. The molecular weight excluding hydrogens is 330 g/mol. The highest BCUT2D eigenvalue weighted by Crippen LogP contribution is 2.25. The fourth-order valence-electron chi connectivity index (χ4n) is 2.59. The van der Waals surface area contributed by atoms with Crippen LogP contribution in [0.15, 0.2) is 59.2 Å². The molecule has 0 aliphatic carbocycles. The topological polar surface area (TPSA) is 68.5 Å². The molecule has 0 fully saturated rings. The molecule has 0 saturated heterocycles. The van der Waals surface area contributed by atoms with Gasteiger partial charge in [-0.3, -0.25) is 4.79 Å². The van der Waals surface area contributed by atoms with Gasteiger partial charge < -0.3 is 14.5 Å². The third kappa shape index (κ3) is 3.67. The minimum Gasteiger partial charge on any atom is -0.459 e. The van der Waals surface area contributed by atoms with Gasteiger partial charge in [0.05, 0.1) is 11.8 Å². The Morgan fingerprint density at radius 1 is 0.923 bits per heavy atom. The van der Waals surface area contributed by atoms with Crippen molar-refractivity contribution in [1.29, 1.82) is 0 Å². The lowest BCUT2D eigenvalue weighted by Crippen LogP contribution is -2.14. The van der Waals surface area contributed by atoms with Gasteiger partial charge in [-0.1, -0.05) is 24.3 Å². The molecule has 0 saturated carbocycles. The minimum atomic E-state index is -0.476. The van der Waals surface area contributed by atoms with Gasteiger partial charge in [0.25, 0.3) is 5.91 Å². The molecular formula is C21H19NO4. The third-order valence-corrected chi connectivity index (χ3v) is 4.07. The lowest BCUT2D eigenvalue weighted by Gasteiger charge is -2.12. The highest BCUT2D eigenvalue weighted by Gasteiger charge is 2.15. The van der Waals surface area contributed by atoms with Gasteiger partial charge >= 0.3 is 5.97 Å². The first-order valence-electron chi connectivity index (χ1n) is 8.19. The molecule has 1 heterocycles. The molecule has 5 heteroatoms. The number of benzene rings is 2. The zero-order chi connectivity index (χ0) is 18.7. The largest absolute Gasteiger partial charge is 0.459 e. The summed E-state index contributed by atoms with van der Waals surface area (Å²) in [6, 6.07) is 13.9. The number of hydrogen-bond donors (Lipinski definition) is 1. The van der Waals surface area contributed by atoms with Gasteiger partial charge in [0.1, 0.15) is 5.75 Å². The van der Waals surface area contributed by atoms with Gasteiger partial charge in [0, 0.05) is 5.69 Å². The van der Waals surface area contributed by atoms with Crippen molar-refractivity contribution in [1.82, 2.24) is 0 Å². The van der Waals surface area contributed by atoms with Gasteiger partial charge in [-0.05, 0) is 61.7 Å². The summed E-state index contributed by atoms with van der Waals surface area (Å²) in [6.45, 7) is 5.62. The standard InChI is InChI=1S/C21H19NO4/c1-13-9-10-16(12-17(13)22-20(23)18-8-5-11-25-18)21(24)26-19-14(2)6-4-7-15(19)3/h4-12H,1-3H3,(H,22,23). The van der Waals surface area contributed by atoms with Gasteiger partial charge in [0.2, 0.25) is 0 Å². The second-order valence-corrected chi connectivity index (χ2v) is 6.07. The van der Waals surface area contributed by atoms with E-state index >= 15 is 0 Å². The van der Waals surface area contributed by atoms with Crippen LogP contribution in [0.2, 0.25) is 0 Å². The molecule has 0 aliphatic rings. The number of ether oxygens (including phenoxy) is 1. The summed E-state index contributed by atoms with van der Waals surface area (Å²) in [5, 5.41) is 2.75. The Balaban J connectivity index is 1.82. The maximum Gasteiger partial charge on any atom is 0.343 e. The molecule has 3 aromatic rings. The number of hydrogen-bond acceptors (Lipinski definition) is 4. The van der Waals surface area contributed by atoms with E-state index in [1.165, 1.54) is 6.26 Å². The first-order valence-corrected chi connectivity index (χ1v) is 8.19. The van der Waals surface area contributed by atoms with Crippen molar-refractivity contribution in [3.8, 4) is 5.75 Å². The van der Waals surface area contributed by atoms with Crippen LogP contribution >= 0.6 is 0 Å². The average Bonchev–Trinajstić information content (AvgIpc) is 3.15. The number of anilines is 1. The van der Waals surface area contributed by atoms with Crippen LogP contribution in [-0.2, 0) is 0 Å². The zero-order valence-corrected chi connectivity index (χ0v) is 14.8. The first kappa shape index (κ1) is 17.5. The maximum absolute atomic E-state index is 12.5. The van der Waals surface area contributed by atoms with E-state index in [0.29, 0.717) is 17.0 Å². The summed E-state index contributed by atoms with van der Waals surface area (Å²) < 4.78 is 10.7. The van der Waals surface area contributed by atoms with Crippen LogP contribution in [0.25, 0.3) is 0 Å². The number of para-hydroxylation sites is 1.